The number of alkyl halides is 3. The number of amides is 1. The molecule has 1 fully saturated rings. The number of hydrogen-bond donors (Lipinski definition) is 2. The van der Waals surface area contributed by atoms with Crippen LogP contribution in [0.25, 0.3) is 0 Å². The molecule has 1 aliphatic heterocycles. The van der Waals surface area contributed by atoms with Crippen LogP contribution in [0.3, 0.4) is 0 Å². The normalized spacial score (nSPS) is 16.5. The lowest BCUT2D eigenvalue weighted by molar-refractivity contribution is -0.274. The van der Waals surface area contributed by atoms with E-state index in [4.69, 9.17) is 5.73 Å². The first kappa shape index (κ1) is 29.2. The molecule has 0 bridgehead atoms. The van der Waals surface area contributed by atoms with E-state index in [1.54, 1.807) is 17.0 Å². The molecule has 0 radical (unpaired) electrons. The number of pyridine rings is 1. The van der Waals surface area contributed by atoms with Crippen molar-refractivity contribution in [3.63, 3.8) is 0 Å². The third-order valence-corrected chi connectivity index (χ3v) is 8.34. The summed E-state index contributed by atoms with van der Waals surface area (Å²) in [7, 11) is -4.26. The van der Waals surface area contributed by atoms with E-state index >= 15 is 0 Å². The summed E-state index contributed by atoms with van der Waals surface area (Å²) in [6.45, 7) is 2.46. The lowest BCUT2D eigenvalue weighted by Crippen LogP contribution is -2.60. The number of aromatic nitrogens is 1. The van der Waals surface area contributed by atoms with E-state index < -0.39 is 34.1 Å². The van der Waals surface area contributed by atoms with Crippen molar-refractivity contribution in [1.29, 1.82) is 0 Å². The Balaban J connectivity index is 1.56. The molecule has 0 spiro atoms. The van der Waals surface area contributed by atoms with Gasteiger partial charge >= 0.3 is 6.36 Å². The maximum atomic E-state index is 13.6. The van der Waals surface area contributed by atoms with Gasteiger partial charge in [0, 0.05) is 26.2 Å². The molecule has 2 aromatic carbocycles. The Morgan fingerprint density at radius 3 is 2.33 bits per heavy atom. The van der Waals surface area contributed by atoms with Gasteiger partial charge in [-0.3, -0.25) is 4.79 Å². The number of carbonyl (C=O) groups is 1. The van der Waals surface area contributed by atoms with Crippen molar-refractivity contribution in [2.75, 3.05) is 30.3 Å². The van der Waals surface area contributed by atoms with Gasteiger partial charge < -0.3 is 20.7 Å². The maximum Gasteiger partial charge on any atom is 0.573 e. The van der Waals surface area contributed by atoms with Gasteiger partial charge in [-0.1, -0.05) is 37.6 Å². The molecule has 1 aromatic heterocycles. The van der Waals surface area contributed by atoms with Crippen LogP contribution in [0.15, 0.2) is 71.8 Å². The highest BCUT2D eigenvalue weighted by Crippen LogP contribution is 2.28. The SMILES string of the molecule is CCCc1ccc(CNC(=O)[C@H]2CN(c3ccc(N)cn3)CCN2S(=O)(=O)c2ccc(OC(F)(F)F)cc2)cc1. The molecule has 3 aromatic rings. The van der Waals surface area contributed by atoms with E-state index in [-0.39, 0.29) is 31.1 Å². The molecular formula is C27H30F3N5O4S. The van der Waals surface area contributed by atoms with Crippen molar-refractivity contribution in [3.05, 3.63) is 78.0 Å². The Morgan fingerprint density at radius 1 is 1.05 bits per heavy atom. The summed E-state index contributed by atoms with van der Waals surface area (Å²) in [5.41, 5.74) is 8.24. The fraction of sp³-hybridized carbons (Fsp3) is 0.333. The maximum absolute atomic E-state index is 13.6. The van der Waals surface area contributed by atoms with Crippen LogP contribution in [0.5, 0.6) is 5.75 Å². The van der Waals surface area contributed by atoms with Crippen molar-refractivity contribution < 1.29 is 31.1 Å². The fourth-order valence-corrected chi connectivity index (χ4v) is 6.00. The minimum atomic E-state index is -4.91. The minimum absolute atomic E-state index is 0.00663. The van der Waals surface area contributed by atoms with E-state index in [0.717, 1.165) is 47.0 Å². The smallest absolute Gasteiger partial charge is 0.406 e. The van der Waals surface area contributed by atoms with E-state index in [0.29, 0.717) is 11.5 Å². The quantitative estimate of drug-likeness (QED) is 0.398. The lowest BCUT2D eigenvalue weighted by atomic mass is 10.1. The molecule has 1 atom stereocenters. The van der Waals surface area contributed by atoms with Gasteiger partial charge in [-0.05, 0) is 53.9 Å². The molecule has 1 amide bonds. The van der Waals surface area contributed by atoms with Crippen molar-refractivity contribution in [2.24, 2.45) is 0 Å². The first-order valence-electron chi connectivity index (χ1n) is 12.7. The van der Waals surface area contributed by atoms with Crippen molar-refractivity contribution in [3.8, 4) is 5.75 Å². The first-order chi connectivity index (χ1) is 19.0. The highest BCUT2D eigenvalue weighted by atomic mass is 32.2. The number of anilines is 2. The van der Waals surface area contributed by atoms with Gasteiger partial charge in [0.1, 0.15) is 17.6 Å². The number of nitrogens with zero attached hydrogens (tertiary/aromatic N) is 3. The predicted octanol–water partition coefficient (Wildman–Crippen LogP) is 3.71. The van der Waals surface area contributed by atoms with Crippen molar-refractivity contribution in [1.82, 2.24) is 14.6 Å². The van der Waals surface area contributed by atoms with Gasteiger partial charge in [-0.2, -0.15) is 4.31 Å². The molecule has 1 saturated heterocycles. The van der Waals surface area contributed by atoms with Crippen molar-refractivity contribution >= 4 is 27.4 Å². The van der Waals surface area contributed by atoms with E-state index in [1.807, 2.05) is 24.3 Å². The lowest BCUT2D eigenvalue weighted by Gasteiger charge is -2.40. The number of ether oxygens (including phenoxy) is 1. The van der Waals surface area contributed by atoms with E-state index in [2.05, 4.69) is 22.0 Å². The van der Waals surface area contributed by atoms with Gasteiger partial charge in [0.25, 0.3) is 0 Å². The third kappa shape index (κ3) is 7.21. The number of hydrogen-bond acceptors (Lipinski definition) is 7. The van der Waals surface area contributed by atoms with Crippen LogP contribution < -0.4 is 20.7 Å². The van der Waals surface area contributed by atoms with Gasteiger partial charge in [0.2, 0.25) is 15.9 Å². The monoisotopic (exact) mass is 577 g/mol. The number of piperazine rings is 1. The molecule has 0 aliphatic carbocycles. The minimum Gasteiger partial charge on any atom is -0.406 e. The Bertz CT molecular complexity index is 1400. The van der Waals surface area contributed by atoms with Crippen LogP contribution in [0.4, 0.5) is 24.7 Å². The predicted molar refractivity (Wildman–Crippen MR) is 144 cm³/mol. The summed E-state index contributed by atoms with van der Waals surface area (Å²) in [6, 6.07) is 13.9. The molecular weight excluding hydrogens is 547 g/mol. The highest BCUT2D eigenvalue weighted by molar-refractivity contribution is 7.89. The molecule has 0 saturated carbocycles. The second-order valence-electron chi connectivity index (χ2n) is 9.33. The Kier molecular flexibility index (Phi) is 8.84. The van der Waals surface area contributed by atoms with Gasteiger partial charge in [-0.25, -0.2) is 13.4 Å². The number of aryl methyl sites for hydroxylation is 1. The number of sulfonamides is 1. The molecule has 2 heterocycles. The van der Waals surface area contributed by atoms with Crippen LogP contribution in [-0.4, -0.2) is 55.7 Å². The number of rotatable bonds is 9. The van der Waals surface area contributed by atoms with Crippen molar-refractivity contribution in [2.45, 2.75) is 43.6 Å². The zero-order valence-electron chi connectivity index (χ0n) is 21.8. The molecule has 9 nitrogen and oxygen atoms in total. The molecule has 3 N–H and O–H groups in total. The van der Waals surface area contributed by atoms with Gasteiger partial charge in [0.15, 0.2) is 0 Å². The Hall–Kier alpha value is -3.84. The zero-order chi connectivity index (χ0) is 28.9. The standard InChI is InChI=1S/C27H30F3N5O4S/c1-2-3-19-4-6-20(7-5-19)16-33-26(36)24-18-34(25-13-8-21(31)17-32-25)14-15-35(24)40(37,38)23-11-9-22(10-12-23)39-27(28,29)30/h4-13,17,24H,2-3,14-16,18,31H2,1H3,(H,33,36)/t24-/m1/s1. The van der Waals surface area contributed by atoms with Crippen LogP contribution in [0, 0.1) is 0 Å². The molecule has 214 valence electrons. The molecule has 0 unspecified atom stereocenters. The average molecular weight is 578 g/mol. The summed E-state index contributed by atoms with van der Waals surface area (Å²) in [6.07, 6.45) is -1.48. The van der Waals surface area contributed by atoms with Crippen LogP contribution in [-0.2, 0) is 27.8 Å². The summed E-state index contributed by atoms with van der Waals surface area (Å²) >= 11 is 0. The van der Waals surface area contributed by atoms with Gasteiger partial charge in [0.05, 0.1) is 16.8 Å². The Morgan fingerprint density at radius 2 is 1.73 bits per heavy atom. The molecule has 13 heteroatoms. The molecule has 1 aliphatic rings. The van der Waals surface area contributed by atoms with Crippen LogP contribution in [0.2, 0.25) is 0 Å². The molecule has 4 rings (SSSR count). The second-order valence-corrected chi connectivity index (χ2v) is 11.2. The number of nitrogens with two attached hydrogens (primary N) is 1. The van der Waals surface area contributed by atoms with Crippen LogP contribution in [0.1, 0.15) is 24.5 Å². The summed E-state index contributed by atoms with van der Waals surface area (Å²) in [4.78, 5) is 19.3. The zero-order valence-corrected chi connectivity index (χ0v) is 22.6. The number of carbonyl (C=O) groups excluding carboxylic acids is 1. The second kappa shape index (κ2) is 12.1. The molecule has 40 heavy (non-hydrogen) atoms. The number of nitrogen functional groups attached to an aromatic ring is 1. The number of benzene rings is 2. The highest BCUT2D eigenvalue weighted by Gasteiger charge is 2.40. The summed E-state index contributed by atoms with van der Waals surface area (Å²) in [5.74, 6) is -0.535. The van der Waals surface area contributed by atoms with Crippen LogP contribution >= 0.6 is 0 Å². The number of halogens is 3. The van der Waals surface area contributed by atoms with Gasteiger partial charge in [-0.15, -0.1) is 13.2 Å². The van der Waals surface area contributed by atoms with E-state index in [9.17, 15) is 26.4 Å². The average Bonchev–Trinajstić information content (AvgIpc) is 2.92. The fourth-order valence-electron chi connectivity index (χ4n) is 4.43. The summed E-state index contributed by atoms with van der Waals surface area (Å²) < 4.78 is 69.7. The van der Waals surface area contributed by atoms with E-state index in [1.165, 1.54) is 11.8 Å². The third-order valence-electron chi connectivity index (χ3n) is 6.42. The summed E-state index contributed by atoms with van der Waals surface area (Å²) in [5, 5.41) is 2.83. The number of nitrogens with one attached hydrogen (secondary N) is 1. The topological polar surface area (TPSA) is 118 Å². The Labute approximate surface area is 230 Å². The first-order valence-corrected chi connectivity index (χ1v) is 14.1. The largest absolute Gasteiger partial charge is 0.573 e.